The van der Waals surface area contributed by atoms with E-state index in [0.29, 0.717) is 29.7 Å². The molecule has 2 atom stereocenters. The molecule has 1 N–H and O–H groups in total. The Morgan fingerprint density at radius 3 is 2.14 bits per heavy atom. The van der Waals surface area contributed by atoms with Crippen LogP contribution in [0.1, 0.15) is 47.8 Å². The lowest BCUT2D eigenvalue weighted by Gasteiger charge is -2.34. The van der Waals surface area contributed by atoms with Crippen molar-refractivity contribution in [2.45, 2.75) is 37.3 Å². The maximum atomic E-state index is 12.9. The van der Waals surface area contributed by atoms with Crippen molar-refractivity contribution in [3.63, 3.8) is 0 Å². The lowest BCUT2D eigenvalue weighted by molar-refractivity contribution is -0.137. The maximum absolute atomic E-state index is 12.9. The van der Waals surface area contributed by atoms with Crippen LogP contribution in [0.2, 0.25) is 0 Å². The zero-order valence-electron chi connectivity index (χ0n) is 14.9. The molecule has 0 fully saturated rings. The molecular formula is C22H18F3NO2. The van der Waals surface area contributed by atoms with Gasteiger partial charge in [-0.2, -0.15) is 13.2 Å². The van der Waals surface area contributed by atoms with E-state index in [1.807, 2.05) is 30.3 Å². The van der Waals surface area contributed by atoms with Gasteiger partial charge in [0, 0.05) is 30.0 Å². The molecule has 3 nitrogen and oxygen atoms in total. The molecule has 0 saturated heterocycles. The fourth-order valence-corrected chi connectivity index (χ4v) is 4.11. The average molecular weight is 385 g/mol. The van der Waals surface area contributed by atoms with Gasteiger partial charge in [-0.3, -0.25) is 9.59 Å². The van der Waals surface area contributed by atoms with Gasteiger partial charge >= 0.3 is 6.18 Å². The van der Waals surface area contributed by atoms with Crippen molar-refractivity contribution in [1.29, 1.82) is 0 Å². The van der Waals surface area contributed by atoms with Gasteiger partial charge in [0.15, 0.2) is 5.78 Å². The van der Waals surface area contributed by atoms with Gasteiger partial charge in [0.1, 0.15) is 0 Å². The van der Waals surface area contributed by atoms with Crippen LogP contribution in [0.5, 0.6) is 0 Å². The lowest BCUT2D eigenvalue weighted by atomic mass is 9.73. The predicted molar refractivity (Wildman–Crippen MR) is 97.4 cm³/mol. The minimum absolute atomic E-state index is 0.0147. The molecule has 0 spiro atoms. The van der Waals surface area contributed by atoms with Crippen molar-refractivity contribution in [3.8, 4) is 0 Å². The summed E-state index contributed by atoms with van der Waals surface area (Å²) < 4.78 is 38.5. The Morgan fingerprint density at radius 2 is 1.50 bits per heavy atom. The van der Waals surface area contributed by atoms with Crippen LogP contribution in [0.15, 0.2) is 65.9 Å². The fourth-order valence-electron chi connectivity index (χ4n) is 4.11. The first-order valence-corrected chi connectivity index (χ1v) is 9.11. The molecule has 0 radical (unpaired) electrons. The number of nitrogens with one attached hydrogen (secondary N) is 1. The number of hydrogen-bond donors (Lipinski definition) is 1. The smallest absolute Gasteiger partial charge is 0.329 e. The van der Waals surface area contributed by atoms with Gasteiger partial charge in [-0.1, -0.05) is 42.5 Å². The average Bonchev–Trinajstić information content (AvgIpc) is 2.67. The Labute approximate surface area is 160 Å². The van der Waals surface area contributed by atoms with E-state index in [1.165, 1.54) is 12.1 Å². The first-order valence-electron chi connectivity index (χ1n) is 9.11. The van der Waals surface area contributed by atoms with Gasteiger partial charge in [0.05, 0.1) is 5.56 Å². The van der Waals surface area contributed by atoms with E-state index in [-0.39, 0.29) is 24.0 Å². The number of alkyl halides is 3. The standard InChI is InChI=1S/C22H18F3NO2/c23-22(24,25)16-8-6-14(7-9-16)17-12-20(28)26-18-10-15(11-19(27)21(17)18)13-4-2-1-3-5-13/h1-9,15,17H,10-12H2,(H,26,28). The summed E-state index contributed by atoms with van der Waals surface area (Å²) in [5, 5.41) is 2.82. The molecule has 0 bridgehead atoms. The Morgan fingerprint density at radius 1 is 0.821 bits per heavy atom. The molecule has 2 aliphatic rings. The first-order chi connectivity index (χ1) is 13.3. The maximum Gasteiger partial charge on any atom is 0.416 e. The molecule has 0 saturated carbocycles. The molecule has 144 valence electrons. The minimum atomic E-state index is -4.42. The summed E-state index contributed by atoms with van der Waals surface area (Å²) in [5.41, 5.74) is 1.98. The number of rotatable bonds is 2. The van der Waals surface area contributed by atoms with Gasteiger partial charge in [-0.25, -0.2) is 0 Å². The SMILES string of the molecule is O=C1CC(c2ccc(C(F)(F)F)cc2)C2=C(CC(c3ccccc3)CC2=O)N1. The van der Waals surface area contributed by atoms with E-state index < -0.39 is 17.7 Å². The molecule has 1 heterocycles. The normalized spacial score (nSPS) is 22.7. The zero-order valence-corrected chi connectivity index (χ0v) is 14.9. The molecule has 1 amide bonds. The summed E-state index contributed by atoms with van der Waals surface area (Å²) in [6, 6.07) is 14.4. The summed E-state index contributed by atoms with van der Waals surface area (Å²) in [5.74, 6) is -0.792. The fraction of sp³-hybridized carbons (Fsp3) is 0.273. The predicted octanol–water partition coefficient (Wildman–Crippen LogP) is 4.71. The number of allylic oxidation sites excluding steroid dienone is 2. The summed E-state index contributed by atoms with van der Waals surface area (Å²) in [4.78, 5) is 25.2. The van der Waals surface area contributed by atoms with Crippen LogP contribution in [-0.4, -0.2) is 11.7 Å². The van der Waals surface area contributed by atoms with E-state index >= 15 is 0 Å². The van der Waals surface area contributed by atoms with Crippen molar-refractivity contribution in [2.75, 3.05) is 0 Å². The summed E-state index contributed by atoms with van der Waals surface area (Å²) >= 11 is 0. The number of Topliss-reactive ketones (excluding diaryl/α,β-unsaturated/α-hetero) is 1. The van der Waals surface area contributed by atoms with Gasteiger partial charge in [0.25, 0.3) is 0 Å². The number of halogens is 3. The van der Waals surface area contributed by atoms with Gasteiger partial charge in [-0.15, -0.1) is 0 Å². The monoisotopic (exact) mass is 385 g/mol. The summed E-state index contributed by atoms with van der Waals surface area (Å²) in [6.45, 7) is 0. The van der Waals surface area contributed by atoms with Crippen molar-refractivity contribution in [2.24, 2.45) is 0 Å². The molecule has 1 aliphatic heterocycles. The van der Waals surface area contributed by atoms with Crippen molar-refractivity contribution in [3.05, 3.63) is 82.6 Å². The quantitative estimate of drug-likeness (QED) is 0.814. The number of ketones is 1. The molecule has 6 heteroatoms. The molecule has 2 aromatic carbocycles. The molecule has 2 aromatic rings. The van der Waals surface area contributed by atoms with Crippen molar-refractivity contribution < 1.29 is 22.8 Å². The lowest BCUT2D eigenvalue weighted by Crippen LogP contribution is -2.38. The molecule has 0 aromatic heterocycles. The molecular weight excluding hydrogens is 367 g/mol. The van der Waals surface area contributed by atoms with Crippen LogP contribution < -0.4 is 5.32 Å². The number of benzene rings is 2. The second-order valence-electron chi connectivity index (χ2n) is 7.26. The van der Waals surface area contributed by atoms with Crippen LogP contribution in [0, 0.1) is 0 Å². The molecule has 2 unspecified atom stereocenters. The van der Waals surface area contributed by atoms with Gasteiger partial charge in [-0.05, 0) is 35.6 Å². The number of carbonyl (C=O) groups is 2. The van der Waals surface area contributed by atoms with E-state index in [2.05, 4.69) is 5.32 Å². The Hall–Kier alpha value is -2.89. The van der Waals surface area contributed by atoms with Crippen molar-refractivity contribution >= 4 is 11.7 Å². The minimum Gasteiger partial charge on any atom is -0.329 e. The third kappa shape index (κ3) is 3.46. The van der Waals surface area contributed by atoms with Crippen molar-refractivity contribution in [1.82, 2.24) is 5.32 Å². The molecule has 1 aliphatic carbocycles. The topological polar surface area (TPSA) is 46.2 Å². The van der Waals surface area contributed by atoms with E-state index in [0.717, 1.165) is 17.7 Å². The third-order valence-electron chi connectivity index (χ3n) is 5.45. The highest BCUT2D eigenvalue weighted by atomic mass is 19.4. The van der Waals surface area contributed by atoms with Crippen LogP contribution >= 0.6 is 0 Å². The van der Waals surface area contributed by atoms with E-state index in [9.17, 15) is 22.8 Å². The Balaban J connectivity index is 1.68. The number of amides is 1. The van der Waals surface area contributed by atoms with E-state index in [1.54, 1.807) is 0 Å². The zero-order chi connectivity index (χ0) is 19.9. The number of hydrogen-bond acceptors (Lipinski definition) is 2. The summed E-state index contributed by atoms with van der Waals surface area (Å²) in [7, 11) is 0. The molecule has 28 heavy (non-hydrogen) atoms. The second-order valence-corrected chi connectivity index (χ2v) is 7.26. The Kier molecular flexibility index (Phi) is 4.57. The van der Waals surface area contributed by atoms with E-state index in [4.69, 9.17) is 0 Å². The first kappa shape index (κ1) is 18.5. The van der Waals surface area contributed by atoms with Crippen LogP contribution in [0.25, 0.3) is 0 Å². The molecule has 4 rings (SSSR count). The van der Waals surface area contributed by atoms with Crippen LogP contribution in [0.4, 0.5) is 13.2 Å². The van der Waals surface area contributed by atoms with Crippen LogP contribution in [0.3, 0.4) is 0 Å². The van der Waals surface area contributed by atoms with Gasteiger partial charge < -0.3 is 5.32 Å². The third-order valence-corrected chi connectivity index (χ3v) is 5.45. The van der Waals surface area contributed by atoms with Gasteiger partial charge in [0.2, 0.25) is 5.91 Å². The largest absolute Gasteiger partial charge is 0.416 e. The highest BCUT2D eigenvalue weighted by molar-refractivity contribution is 6.02. The highest BCUT2D eigenvalue weighted by Crippen LogP contribution is 2.43. The Bertz CT molecular complexity index is 946. The summed E-state index contributed by atoms with van der Waals surface area (Å²) in [6.07, 6.45) is -3.49. The number of carbonyl (C=O) groups excluding carboxylic acids is 2. The highest BCUT2D eigenvalue weighted by Gasteiger charge is 2.38. The van der Waals surface area contributed by atoms with Crippen LogP contribution in [-0.2, 0) is 15.8 Å². The second kappa shape index (κ2) is 6.93.